The van der Waals surface area contributed by atoms with E-state index in [-0.39, 0.29) is 18.7 Å². The van der Waals surface area contributed by atoms with E-state index in [4.69, 9.17) is 10.5 Å². The first-order chi connectivity index (χ1) is 13.0. The number of hydrogen-bond acceptors (Lipinski definition) is 3. The molecule has 1 amide bonds. The Morgan fingerprint density at radius 2 is 1.85 bits per heavy atom. The number of nitrogens with two attached hydrogens (primary N) is 1. The number of carbonyl (C=O) groups excluding carboxylic acids is 1. The van der Waals surface area contributed by atoms with Crippen LogP contribution in [0.5, 0.6) is 0 Å². The molecule has 5 heteroatoms. The normalized spacial score (nSPS) is 11.8. The van der Waals surface area contributed by atoms with Gasteiger partial charge in [0.1, 0.15) is 0 Å². The second-order valence-corrected chi connectivity index (χ2v) is 8.56. The van der Waals surface area contributed by atoms with Gasteiger partial charge in [-0.1, -0.05) is 6.07 Å². The summed E-state index contributed by atoms with van der Waals surface area (Å²) in [5.74, 6) is 0. The third-order valence-electron chi connectivity index (χ3n) is 4.32. The van der Waals surface area contributed by atoms with Crippen LogP contribution in [0.2, 0.25) is 0 Å². The van der Waals surface area contributed by atoms with Gasteiger partial charge in [-0.2, -0.15) is 0 Å². The predicted molar refractivity (Wildman–Crippen MR) is 110 cm³/mol. The zero-order chi connectivity index (χ0) is 19.2. The minimum atomic E-state index is -0.329. The molecule has 1 heterocycles. The molecule has 0 saturated carbocycles. The number of ether oxygens (including phenoxy) is 1. The SMILES string of the molecule is C[C@@H](N)c1cc(-c2ccccc2CN(C)C(=O)OCc2ccccc2)c[se]1. The van der Waals surface area contributed by atoms with E-state index in [1.54, 1.807) is 11.9 Å². The molecule has 0 saturated heterocycles. The van der Waals surface area contributed by atoms with Gasteiger partial charge in [-0.05, 0) is 0 Å². The molecular weight excluding hydrogens is 403 g/mol. The fourth-order valence-corrected chi connectivity index (χ4v) is 4.64. The van der Waals surface area contributed by atoms with Crippen LogP contribution in [0.15, 0.2) is 65.6 Å². The maximum absolute atomic E-state index is 12.4. The van der Waals surface area contributed by atoms with Crippen molar-refractivity contribution in [1.29, 1.82) is 0 Å². The monoisotopic (exact) mass is 428 g/mol. The van der Waals surface area contributed by atoms with E-state index in [1.807, 2.05) is 49.4 Å². The Bertz CT molecular complexity index is 890. The van der Waals surface area contributed by atoms with Gasteiger partial charge in [0.25, 0.3) is 0 Å². The van der Waals surface area contributed by atoms with Crippen molar-refractivity contribution in [3.63, 3.8) is 0 Å². The fraction of sp³-hybridized carbons (Fsp3) is 0.227. The first-order valence-electron chi connectivity index (χ1n) is 8.88. The molecule has 1 atom stereocenters. The zero-order valence-corrected chi connectivity index (χ0v) is 17.3. The van der Waals surface area contributed by atoms with Gasteiger partial charge < -0.3 is 0 Å². The predicted octanol–water partition coefficient (Wildman–Crippen LogP) is 4.20. The summed E-state index contributed by atoms with van der Waals surface area (Å²) in [5, 5.41) is 0. The van der Waals surface area contributed by atoms with Crippen molar-refractivity contribution < 1.29 is 9.53 Å². The maximum atomic E-state index is 12.4. The van der Waals surface area contributed by atoms with E-state index in [1.165, 1.54) is 10.0 Å². The molecule has 0 radical (unpaired) electrons. The molecule has 2 N–H and O–H groups in total. The summed E-state index contributed by atoms with van der Waals surface area (Å²) in [6, 6.07) is 20.2. The zero-order valence-electron chi connectivity index (χ0n) is 15.6. The molecule has 0 aliphatic heterocycles. The second-order valence-electron chi connectivity index (χ2n) is 6.58. The Morgan fingerprint density at radius 1 is 1.15 bits per heavy atom. The summed E-state index contributed by atoms with van der Waals surface area (Å²) in [4.78, 5) is 16.2. The van der Waals surface area contributed by atoms with Gasteiger partial charge in [0.05, 0.1) is 0 Å². The topological polar surface area (TPSA) is 55.6 Å². The molecule has 3 rings (SSSR count). The molecule has 27 heavy (non-hydrogen) atoms. The van der Waals surface area contributed by atoms with E-state index in [2.05, 4.69) is 23.1 Å². The summed E-state index contributed by atoms with van der Waals surface area (Å²) in [6.07, 6.45) is -0.329. The number of nitrogens with zero attached hydrogens (tertiary/aromatic N) is 1. The Hall–Kier alpha value is -2.33. The van der Waals surface area contributed by atoms with Crippen molar-refractivity contribution in [1.82, 2.24) is 4.90 Å². The first kappa shape index (κ1) is 19.4. The fourth-order valence-electron chi connectivity index (χ4n) is 2.82. The van der Waals surface area contributed by atoms with E-state index >= 15 is 0 Å². The van der Waals surface area contributed by atoms with E-state index in [0.717, 1.165) is 16.7 Å². The Kier molecular flexibility index (Phi) is 6.51. The average molecular weight is 427 g/mol. The summed E-state index contributed by atoms with van der Waals surface area (Å²) in [5.41, 5.74) is 10.4. The van der Waals surface area contributed by atoms with Crippen LogP contribution >= 0.6 is 0 Å². The molecule has 4 nitrogen and oxygen atoms in total. The van der Waals surface area contributed by atoms with Crippen LogP contribution in [0, 0.1) is 0 Å². The van der Waals surface area contributed by atoms with Crippen LogP contribution in [-0.4, -0.2) is 32.5 Å². The van der Waals surface area contributed by atoms with Gasteiger partial charge in [0.15, 0.2) is 0 Å². The first-order valence-corrected chi connectivity index (χ1v) is 10.7. The summed E-state index contributed by atoms with van der Waals surface area (Å²) in [7, 11) is 1.76. The van der Waals surface area contributed by atoms with Gasteiger partial charge in [-0.3, -0.25) is 0 Å². The molecule has 0 unspecified atom stereocenters. The third-order valence-corrected chi connectivity index (χ3v) is 6.70. The average Bonchev–Trinajstić information content (AvgIpc) is 3.17. The summed E-state index contributed by atoms with van der Waals surface area (Å²) < 4.78 is 6.72. The van der Waals surface area contributed by atoms with Crippen molar-refractivity contribution in [2.24, 2.45) is 5.73 Å². The Labute approximate surface area is 166 Å². The standard InChI is InChI=1S/C22H24N2O2Se/c1-16(23)21-12-19(15-27-21)20-11-7-6-10-18(20)13-24(2)22(25)26-14-17-8-4-3-5-9-17/h3-12,15-16H,13-14,23H2,1-2H3/t16-/m1/s1. The van der Waals surface area contributed by atoms with Gasteiger partial charge in [-0.15, -0.1) is 0 Å². The van der Waals surface area contributed by atoms with Gasteiger partial charge in [-0.25, -0.2) is 0 Å². The van der Waals surface area contributed by atoms with Gasteiger partial charge >= 0.3 is 160 Å². The molecule has 0 aliphatic carbocycles. The van der Waals surface area contributed by atoms with Crippen molar-refractivity contribution in [3.8, 4) is 11.1 Å². The molecule has 1 aromatic heterocycles. The van der Waals surface area contributed by atoms with Crippen molar-refractivity contribution in [2.75, 3.05) is 7.05 Å². The van der Waals surface area contributed by atoms with E-state index in [0.29, 0.717) is 21.0 Å². The summed E-state index contributed by atoms with van der Waals surface area (Å²) >= 11 is 0.303. The van der Waals surface area contributed by atoms with Crippen LogP contribution in [-0.2, 0) is 17.9 Å². The molecule has 0 spiro atoms. The molecule has 140 valence electrons. The van der Waals surface area contributed by atoms with Gasteiger partial charge in [0.2, 0.25) is 0 Å². The van der Waals surface area contributed by atoms with E-state index in [9.17, 15) is 4.79 Å². The quantitative estimate of drug-likeness (QED) is 0.600. The second kappa shape index (κ2) is 9.05. The van der Waals surface area contributed by atoms with Crippen LogP contribution in [0.25, 0.3) is 11.1 Å². The molecular formula is C22H24N2O2Se. The van der Waals surface area contributed by atoms with Crippen LogP contribution in [0.1, 0.15) is 28.5 Å². The number of benzene rings is 2. The van der Waals surface area contributed by atoms with E-state index < -0.39 is 0 Å². The summed E-state index contributed by atoms with van der Waals surface area (Å²) in [6.45, 7) is 2.79. The van der Waals surface area contributed by atoms with Crippen LogP contribution in [0.3, 0.4) is 0 Å². The van der Waals surface area contributed by atoms with Crippen molar-refractivity contribution >= 4 is 20.6 Å². The number of rotatable bonds is 6. The molecule has 0 fully saturated rings. The minimum absolute atomic E-state index is 0.0848. The van der Waals surface area contributed by atoms with Crippen molar-refractivity contribution in [3.05, 3.63) is 81.2 Å². The number of amides is 1. The molecule has 2 aromatic carbocycles. The molecule has 0 aliphatic rings. The Morgan fingerprint density at radius 3 is 2.56 bits per heavy atom. The number of carbonyl (C=O) groups is 1. The number of hydrogen-bond donors (Lipinski definition) is 1. The molecule has 3 aromatic rings. The third kappa shape index (κ3) is 5.10. The van der Waals surface area contributed by atoms with Crippen molar-refractivity contribution in [2.45, 2.75) is 26.1 Å². The van der Waals surface area contributed by atoms with Gasteiger partial charge in [0, 0.05) is 0 Å². The van der Waals surface area contributed by atoms with Crippen LogP contribution in [0.4, 0.5) is 4.79 Å². The Balaban J connectivity index is 1.68. The molecule has 0 bridgehead atoms. The van der Waals surface area contributed by atoms with Crippen LogP contribution < -0.4 is 5.73 Å².